The Hall–Kier alpha value is -7.14. The van der Waals surface area contributed by atoms with Crippen molar-refractivity contribution >= 4 is 70.7 Å². The van der Waals surface area contributed by atoms with Crippen LogP contribution in [-0.2, 0) is 0 Å². The summed E-state index contributed by atoms with van der Waals surface area (Å²) in [6.45, 7) is 0. The minimum Gasteiger partial charge on any atom is -0.456 e. The SMILES string of the molecule is C1=C(c2ccc3c(c2)oc2ccccc23)N=C(c2ccc(-c3ccccc3)cc2)N=C(c2ccc3c(c2)sc2cccc(-c4ccc(-c5ccccc5)cc4)c23)CC1. The van der Waals surface area contributed by atoms with Crippen LogP contribution in [0.2, 0.25) is 0 Å². The lowest BCUT2D eigenvalue weighted by Crippen LogP contribution is -2.09. The topological polar surface area (TPSA) is 37.9 Å². The maximum Gasteiger partial charge on any atom is 0.160 e. The number of thiophene rings is 1. The van der Waals surface area contributed by atoms with Crippen molar-refractivity contribution in [1.29, 1.82) is 0 Å². The second-order valence-corrected chi connectivity index (χ2v) is 15.9. The minimum absolute atomic E-state index is 0.697. The number of para-hydroxylation sites is 1. The van der Waals surface area contributed by atoms with E-state index in [2.05, 4.69) is 176 Å². The molecule has 0 spiro atoms. The molecule has 0 N–H and O–H groups in total. The first-order valence-corrected chi connectivity index (χ1v) is 20.6. The van der Waals surface area contributed by atoms with E-state index in [-0.39, 0.29) is 0 Å². The molecule has 1 aliphatic heterocycles. The number of benzene rings is 8. The summed E-state index contributed by atoms with van der Waals surface area (Å²) in [5, 5.41) is 4.80. The fourth-order valence-electron chi connectivity index (χ4n) is 8.28. The van der Waals surface area contributed by atoms with Gasteiger partial charge in [0.15, 0.2) is 5.84 Å². The zero-order valence-electron chi connectivity index (χ0n) is 31.6. The highest BCUT2D eigenvalue weighted by atomic mass is 32.1. The summed E-state index contributed by atoms with van der Waals surface area (Å²) in [6.07, 6.45) is 3.85. The summed E-state index contributed by atoms with van der Waals surface area (Å²) in [4.78, 5) is 10.8. The highest BCUT2D eigenvalue weighted by molar-refractivity contribution is 7.26. The van der Waals surface area contributed by atoms with Gasteiger partial charge in [-0.2, -0.15) is 0 Å². The van der Waals surface area contributed by atoms with Crippen LogP contribution in [0.1, 0.15) is 29.5 Å². The van der Waals surface area contributed by atoms with Gasteiger partial charge in [0.1, 0.15) is 11.2 Å². The van der Waals surface area contributed by atoms with E-state index in [1.54, 1.807) is 0 Å². The molecule has 0 unspecified atom stereocenters. The Bertz CT molecular complexity index is 3240. The van der Waals surface area contributed by atoms with E-state index in [1.165, 1.54) is 48.0 Å². The lowest BCUT2D eigenvalue weighted by molar-refractivity contribution is 0.669. The third kappa shape index (κ3) is 6.25. The summed E-state index contributed by atoms with van der Waals surface area (Å²) < 4.78 is 8.83. The smallest absolute Gasteiger partial charge is 0.160 e. The molecule has 3 nitrogen and oxygen atoms in total. The van der Waals surface area contributed by atoms with Crippen LogP contribution >= 0.6 is 11.3 Å². The largest absolute Gasteiger partial charge is 0.456 e. The van der Waals surface area contributed by atoms with E-state index < -0.39 is 0 Å². The average Bonchev–Trinajstić information content (AvgIpc) is 3.85. The quantitative estimate of drug-likeness (QED) is 0.166. The fourth-order valence-corrected chi connectivity index (χ4v) is 9.45. The van der Waals surface area contributed by atoms with Crippen molar-refractivity contribution < 1.29 is 4.42 Å². The molecule has 11 rings (SSSR count). The van der Waals surface area contributed by atoms with E-state index in [1.807, 2.05) is 29.5 Å². The molecule has 0 amide bonds. The van der Waals surface area contributed by atoms with Gasteiger partial charge < -0.3 is 4.42 Å². The summed E-state index contributed by atoms with van der Waals surface area (Å²) in [6, 6.07) is 66.8. The molecule has 0 atom stereocenters. The van der Waals surface area contributed by atoms with Crippen molar-refractivity contribution in [3.63, 3.8) is 0 Å². The number of hydrogen-bond donors (Lipinski definition) is 0. The molecule has 0 saturated heterocycles. The van der Waals surface area contributed by atoms with Crippen molar-refractivity contribution in [3.05, 3.63) is 211 Å². The molecule has 2 aromatic heterocycles. The molecular weight excluding hydrogens is 725 g/mol. The Labute approximate surface area is 340 Å². The number of hydrogen-bond acceptors (Lipinski definition) is 4. The first-order chi connectivity index (χ1) is 28.7. The zero-order valence-corrected chi connectivity index (χ0v) is 32.4. The number of rotatable bonds is 6. The van der Waals surface area contributed by atoms with Crippen LogP contribution in [0, 0.1) is 0 Å². The number of allylic oxidation sites excluding steroid dienone is 1. The van der Waals surface area contributed by atoms with Crippen LogP contribution in [0.15, 0.2) is 209 Å². The predicted octanol–water partition coefficient (Wildman–Crippen LogP) is 15.0. The van der Waals surface area contributed by atoms with Crippen molar-refractivity contribution in [3.8, 4) is 33.4 Å². The molecule has 0 bridgehead atoms. The Morgan fingerprint density at radius 2 is 1.02 bits per heavy atom. The molecule has 3 heterocycles. The van der Waals surface area contributed by atoms with Gasteiger partial charge in [-0.3, -0.25) is 0 Å². The molecule has 0 aliphatic carbocycles. The van der Waals surface area contributed by atoms with Gasteiger partial charge in [-0.15, -0.1) is 11.3 Å². The second-order valence-electron chi connectivity index (χ2n) is 14.8. The van der Waals surface area contributed by atoms with E-state index in [4.69, 9.17) is 14.4 Å². The van der Waals surface area contributed by atoms with Crippen LogP contribution in [0.25, 0.3) is 81.2 Å². The van der Waals surface area contributed by atoms with Gasteiger partial charge >= 0.3 is 0 Å². The van der Waals surface area contributed by atoms with E-state index in [9.17, 15) is 0 Å². The molecule has 0 saturated carbocycles. The normalized spacial score (nSPS) is 13.3. The Balaban J connectivity index is 0.987. The van der Waals surface area contributed by atoms with Crippen LogP contribution in [0.5, 0.6) is 0 Å². The number of nitrogens with zero attached hydrogens (tertiary/aromatic N) is 2. The van der Waals surface area contributed by atoms with Gasteiger partial charge in [0.2, 0.25) is 0 Å². The van der Waals surface area contributed by atoms with Crippen LogP contribution in [-0.4, -0.2) is 11.5 Å². The van der Waals surface area contributed by atoms with Crippen molar-refractivity contribution in [2.24, 2.45) is 9.98 Å². The van der Waals surface area contributed by atoms with Gasteiger partial charge in [0, 0.05) is 42.1 Å². The number of aliphatic imine (C=N–C) groups is 2. The first-order valence-electron chi connectivity index (χ1n) is 19.8. The molecule has 10 aromatic rings. The summed E-state index contributed by atoms with van der Waals surface area (Å²) in [5.41, 5.74) is 14.1. The summed E-state index contributed by atoms with van der Waals surface area (Å²) in [5.74, 6) is 0.697. The molecule has 58 heavy (non-hydrogen) atoms. The summed E-state index contributed by atoms with van der Waals surface area (Å²) >= 11 is 1.85. The molecule has 0 fully saturated rings. The van der Waals surface area contributed by atoms with Crippen molar-refractivity contribution in [1.82, 2.24) is 0 Å². The van der Waals surface area contributed by atoms with Crippen molar-refractivity contribution in [2.45, 2.75) is 12.8 Å². The Kier molecular flexibility index (Phi) is 8.49. The molecule has 274 valence electrons. The maximum atomic E-state index is 6.29. The Morgan fingerprint density at radius 3 is 1.78 bits per heavy atom. The van der Waals surface area contributed by atoms with Crippen LogP contribution in [0.4, 0.5) is 0 Å². The molecule has 8 aromatic carbocycles. The van der Waals surface area contributed by atoms with Gasteiger partial charge in [0.25, 0.3) is 0 Å². The minimum atomic E-state index is 0.697. The Morgan fingerprint density at radius 1 is 0.414 bits per heavy atom. The highest BCUT2D eigenvalue weighted by Gasteiger charge is 2.17. The monoisotopic (exact) mass is 760 g/mol. The molecule has 4 heteroatoms. The fraction of sp³-hybridized carbons (Fsp3) is 0.0370. The lowest BCUT2D eigenvalue weighted by atomic mass is 9.96. The predicted molar refractivity (Wildman–Crippen MR) is 246 cm³/mol. The van der Waals surface area contributed by atoms with Gasteiger partial charge in [-0.25, -0.2) is 9.98 Å². The van der Waals surface area contributed by atoms with Gasteiger partial charge in [0.05, 0.1) is 11.4 Å². The number of fused-ring (bicyclic) bond motifs is 6. The zero-order chi connectivity index (χ0) is 38.4. The first kappa shape index (κ1) is 34.1. The third-order valence-corrected chi connectivity index (χ3v) is 12.4. The second kappa shape index (κ2) is 14.4. The molecule has 0 radical (unpaired) electrons. The maximum absolute atomic E-state index is 6.29. The molecular formula is C54H36N2OS. The van der Waals surface area contributed by atoms with Crippen LogP contribution in [0.3, 0.4) is 0 Å². The van der Waals surface area contributed by atoms with Crippen molar-refractivity contribution in [2.75, 3.05) is 0 Å². The van der Waals surface area contributed by atoms with E-state index >= 15 is 0 Å². The molecule has 1 aliphatic rings. The number of amidine groups is 1. The summed E-state index contributed by atoms with van der Waals surface area (Å²) in [7, 11) is 0. The standard InChI is InChI=1S/C54H36N2OS/c1-3-11-35(12-4-1)37-21-25-39(26-22-37)43-16-9-20-51-53(43)46-32-30-42(34-52(46)58-51)48-18-10-17-47(41-29-31-45-44-15-7-8-19-49(44)57-50(45)33-41)55-54(56-48)40-27-23-38(24-28-40)36-13-5-2-6-14-36/h1-9,11-17,19-34H,10,18H2. The van der Waals surface area contributed by atoms with E-state index in [0.717, 1.165) is 68.4 Å². The third-order valence-electron chi connectivity index (χ3n) is 11.2. The van der Waals surface area contributed by atoms with Gasteiger partial charge in [-0.1, -0.05) is 164 Å². The van der Waals surface area contributed by atoms with Gasteiger partial charge in [-0.05, 0) is 82.1 Å². The van der Waals surface area contributed by atoms with Crippen LogP contribution < -0.4 is 0 Å². The lowest BCUT2D eigenvalue weighted by Gasteiger charge is -2.14. The highest BCUT2D eigenvalue weighted by Crippen LogP contribution is 2.41. The number of furan rings is 1. The average molecular weight is 761 g/mol. The van der Waals surface area contributed by atoms with E-state index in [0.29, 0.717) is 5.84 Å².